The van der Waals surface area contributed by atoms with Crippen LogP contribution in [0.25, 0.3) is 11.3 Å². The largest absolute Gasteiger partial charge is 0.459 e. The maximum atomic E-state index is 12.5. The molecule has 0 bridgehead atoms. The minimum absolute atomic E-state index is 0.0664. The first-order chi connectivity index (χ1) is 12.8. The summed E-state index contributed by atoms with van der Waals surface area (Å²) in [6.45, 7) is 2.80. The highest BCUT2D eigenvalue weighted by Gasteiger charge is 2.23. The van der Waals surface area contributed by atoms with Gasteiger partial charge < -0.3 is 14.2 Å². The monoisotopic (exact) mass is 349 g/mol. The number of rotatable bonds is 3. The summed E-state index contributed by atoms with van der Waals surface area (Å²) in [5.74, 6) is 1.00. The maximum absolute atomic E-state index is 12.5. The van der Waals surface area contributed by atoms with E-state index in [1.54, 1.807) is 30.7 Å². The first kappa shape index (κ1) is 16.3. The van der Waals surface area contributed by atoms with Crippen molar-refractivity contribution < 1.29 is 9.21 Å². The van der Waals surface area contributed by atoms with Crippen LogP contribution in [0.5, 0.6) is 0 Å². The van der Waals surface area contributed by atoms with E-state index >= 15 is 0 Å². The molecule has 0 aromatic carbocycles. The lowest BCUT2D eigenvalue weighted by Gasteiger charge is -2.21. The van der Waals surface area contributed by atoms with Gasteiger partial charge in [0.05, 0.1) is 12.0 Å². The van der Waals surface area contributed by atoms with E-state index < -0.39 is 0 Å². The number of carbonyl (C=O) groups is 1. The topological polar surface area (TPSA) is 75.4 Å². The summed E-state index contributed by atoms with van der Waals surface area (Å²) in [6.07, 6.45) is 7.65. The summed E-state index contributed by atoms with van der Waals surface area (Å²) in [4.78, 5) is 29.6. The molecule has 132 valence electrons. The van der Waals surface area contributed by atoms with Crippen molar-refractivity contribution >= 4 is 11.9 Å². The van der Waals surface area contributed by atoms with E-state index in [0.29, 0.717) is 31.3 Å². The van der Waals surface area contributed by atoms with E-state index in [0.717, 1.165) is 24.2 Å². The molecule has 7 nitrogen and oxygen atoms in total. The van der Waals surface area contributed by atoms with Gasteiger partial charge in [-0.05, 0) is 36.8 Å². The SMILES string of the molecule is O=C(c1ccco1)N1CCCN(c2nccc(-c3ccncc3)n2)CC1. The standard InChI is InChI=1S/C19H19N5O2/c25-18(17-3-1-14-26-17)23-10-2-11-24(13-12-23)19-21-9-6-16(22-19)15-4-7-20-8-5-15/h1,3-9,14H,2,10-13H2. The van der Waals surface area contributed by atoms with E-state index in [-0.39, 0.29) is 5.91 Å². The Labute approximate surface area is 151 Å². The van der Waals surface area contributed by atoms with Gasteiger partial charge in [-0.3, -0.25) is 9.78 Å². The lowest BCUT2D eigenvalue weighted by atomic mass is 10.2. The molecule has 0 atom stereocenters. The molecule has 1 fully saturated rings. The normalized spacial score (nSPS) is 14.9. The second-order valence-electron chi connectivity index (χ2n) is 6.09. The zero-order chi connectivity index (χ0) is 17.8. The minimum Gasteiger partial charge on any atom is -0.459 e. The number of amides is 1. The van der Waals surface area contributed by atoms with E-state index in [1.165, 1.54) is 6.26 Å². The highest BCUT2D eigenvalue weighted by atomic mass is 16.3. The zero-order valence-electron chi connectivity index (χ0n) is 14.3. The van der Waals surface area contributed by atoms with Crippen LogP contribution in [-0.2, 0) is 0 Å². The zero-order valence-corrected chi connectivity index (χ0v) is 14.3. The molecule has 0 spiro atoms. The predicted octanol–water partition coefficient (Wildman–Crippen LogP) is 2.48. The highest BCUT2D eigenvalue weighted by Crippen LogP contribution is 2.19. The lowest BCUT2D eigenvalue weighted by Crippen LogP contribution is -2.35. The summed E-state index contributed by atoms with van der Waals surface area (Å²) in [7, 11) is 0. The van der Waals surface area contributed by atoms with Crippen LogP contribution in [0.2, 0.25) is 0 Å². The molecule has 3 aromatic heterocycles. The van der Waals surface area contributed by atoms with Gasteiger partial charge in [0.15, 0.2) is 5.76 Å². The van der Waals surface area contributed by atoms with Crippen molar-refractivity contribution in [1.82, 2.24) is 19.9 Å². The lowest BCUT2D eigenvalue weighted by molar-refractivity contribution is 0.0735. The van der Waals surface area contributed by atoms with E-state index in [1.807, 2.05) is 23.1 Å². The van der Waals surface area contributed by atoms with Crippen LogP contribution in [0, 0.1) is 0 Å². The first-order valence-electron chi connectivity index (χ1n) is 8.62. The molecule has 4 heterocycles. The Morgan fingerprint density at radius 3 is 2.69 bits per heavy atom. The number of aromatic nitrogens is 3. The van der Waals surface area contributed by atoms with E-state index in [9.17, 15) is 4.79 Å². The van der Waals surface area contributed by atoms with Crippen LogP contribution >= 0.6 is 0 Å². The molecular formula is C19H19N5O2. The molecule has 1 amide bonds. The Balaban J connectivity index is 1.48. The third-order valence-electron chi connectivity index (χ3n) is 4.42. The van der Waals surface area contributed by atoms with Gasteiger partial charge in [-0.15, -0.1) is 0 Å². The third kappa shape index (κ3) is 3.42. The first-order valence-corrected chi connectivity index (χ1v) is 8.62. The predicted molar refractivity (Wildman–Crippen MR) is 96.7 cm³/mol. The molecule has 4 rings (SSSR count). The fraction of sp³-hybridized carbons (Fsp3) is 0.263. The number of hydrogen-bond acceptors (Lipinski definition) is 6. The molecule has 0 unspecified atom stereocenters. The van der Waals surface area contributed by atoms with Crippen molar-refractivity contribution in [1.29, 1.82) is 0 Å². The van der Waals surface area contributed by atoms with Crippen LogP contribution in [0.3, 0.4) is 0 Å². The molecule has 26 heavy (non-hydrogen) atoms. The molecule has 0 saturated carbocycles. The van der Waals surface area contributed by atoms with Gasteiger partial charge in [0.2, 0.25) is 5.95 Å². The Morgan fingerprint density at radius 2 is 1.88 bits per heavy atom. The average molecular weight is 349 g/mol. The van der Waals surface area contributed by atoms with Gasteiger partial charge in [-0.1, -0.05) is 0 Å². The van der Waals surface area contributed by atoms with Gasteiger partial charge >= 0.3 is 0 Å². The second kappa shape index (κ2) is 7.35. The number of furan rings is 1. The molecule has 0 N–H and O–H groups in total. The molecule has 0 aliphatic carbocycles. The highest BCUT2D eigenvalue weighted by molar-refractivity contribution is 5.91. The summed E-state index contributed by atoms with van der Waals surface area (Å²) >= 11 is 0. The van der Waals surface area contributed by atoms with Gasteiger partial charge in [0.1, 0.15) is 0 Å². The van der Waals surface area contributed by atoms with E-state index in [4.69, 9.17) is 9.40 Å². The molecule has 7 heteroatoms. The van der Waals surface area contributed by atoms with E-state index in [2.05, 4.69) is 14.9 Å². The number of nitrogens with zero attached hydrogens (tertiary/aromatic N) is 5. The summed E-state index contributed by atoms with van der Waals surface area (Å²) in [5, 5.41) is 0. The third-order valence-corrected chi connectivity index (χ3v) is 4.42. The fourth-order valence-corrected chi connectivity index (χ4v) is 3.06. The fourth-order valence-electron chi connectivity index (χ4n) is 3.06. The van der Waals surface area contributed by atoms with Crippen LogP contribution in [0.4, 0.5) is 5.95 Å². The Morgan fingerprint density at radius 1 is 1.00 bits per heavy atom. The Hall–Kier alpha value is -3.22. The summed E-state index contributed by atoms with van der Waals surface area (Å²) in [5.41, 5.74) is 1.87. The molecule has 3 aromatic rings. The minimum atomic E-state index is -0.0664. The number of hydrogen-bond donors (Lipinski definition) is 0. The smallest absolute Gasteiger partial charge is 0.289 e. The molecular weight excluding hydrogens is 330 g/mol. The molecule has 1 saturated heterocycles. The van der Waals surface area contributed by atoms with Crippen LogP contribution in [0.1, 0.15) is 17.0 Å². The van der Waals surface area contributed by atoms with Gasteiger partial charge in [0.25, 0.3) is 5.91 Å². The molecule has 1 aliphatic heterocycles. The number of anilines is 1. The summed E-state index contributed by atoms with van der Waals surface area (Å²) < 4.78 is 5.23. The van der Waals surface area contributed by atoms with Crippen molar-refractivity contribution in [3.63, 3.8) is 0 Å². The number of carbonyl (C=O) groups excluding carboxylic acids is 1. The maximum Gasteiger partial charge on any atom is 0.289 e. The quantitative estimate of drug-likeness (QED) is 0.723. The molecule has 1 aliphatic rings. The van der Waals surface area contributed by atoms with Crippen LogP contribution < -0.4 is 4.90 Å². The van der Waals surface area contributed by atoms with Crippen molar-refractivity contribution in [3.8, 4) is 11.3 Å². The van der Waals surface area contributed by atoms with Crippen molar-refractivity contribution in [2.45, 2.75) is 6.42 Å². The molecule has 0 radical (unpaired) electrons. The average Bonchev–Trinajstić information content (AvgIpc) is 3.13. The van der Waals surface area contributed by atoms with Gasteiger partial charge in [-0.2, -0.15) is 0 Å². The Bertz CT molecular complexity index is 867. The van der Waals surface area contributed by atoms with Gasteiger partial charge in [-0.25, -0.2) is 9.97 Å². The van der Waals surface area contributed by atoms with Gasteiger partial charge in [0, 0.05) is 50.3 Å². The second-order valence-corrected chi connectivity index (χ2v) is 6.09. The Kier molecular flexibility index (Phi) is 4.59. The van der Waals surface area contributed by atoms with Crippen molar-refractivity contribution in [2.75, 3.05) is 31.1 Å². The number of pyridine rings is 1. The van der Waals surface area contributed by atoms with Crippen LogP contribution in [0.15, 0.2) is 59.6 Å². The van der Waals surface area contributed by atoms with Crippen LogP contribution in [-0.4, -0.2) is 51.9 Å². The van der Waals surface area contributed by atoms with Crippen molar-refractivity contribution in [2.24, 2.45) is 0 Å². The van der Waals surface area contributed by atoms with Crippen molar-refractivity contribution in [3.05, 3.63) is 60.9 Å². The summed E-state index contributed by atoms with van der Waals surface area (Å²) in [6, 6.07) is 9.18.